The van der Waals surface area contributed by atoms with Crippen LogP contribution in [0.3, 0.4) is 0 Å². The van der Waals surface area contributed by atoms with Crippen molar-refractivity contribution >= 4 is 0 Å². The Kier molecular flexibility index (Phi) is 2.54. The summed E-state index contributed by atoms with van der Waals surface area (Å²) in [5.41, 5.74) is 0. The Labute approximate surface area is 94.0 Å². The predicted molar refractivity (Wildman–Crippen MR) is 63.7 cm³/mol. The lowest BCUT2D eigenvalue weighted by molar-refractivity contribution is 0.135. The van der Waals surface area contributed by atoms with Crippen LogP contribution in [0.15, 0.2) is 0 Å². The molecule has 3 aliphatic carbocycles. The molecule has 0 aromatic heterocycles. The first kappa shape index (κ1) is 10.1. The first-order valence-corrected chi connectivity index (χ1v) is 6.95. The lowest BCUT2D eigenvalue weighted by Crippen LogP contribution is -2.44. The molecule has 3 fully saturated rings. The van der Waals surface area contributed by atoms with Crippen molar-refractivity contribution in [1.29, 1.82) is 0 Å². The van der Waals surface area contributed by atoms with Crippen LogP contribution in [0.25, 0.3) is 0 Å². The molecule has 3 bridgehead atoms. The summed E-state index contributed by atoms with van der Waals surface area (Å²) in [6, 6.07) is 0.878. The second-order valence-corrected chi connectivity index (χ2v) is 6.74. The molecule has 1 nitrogen and oxygen atoms in total. The van der Waals surface area contributed by atoms with Crippen LogP contribution in [0.4, 0.5) is 0 Å². The Hall–Kier alpha value is -0.0400. The molecular formula is C14H25N. The van der Waals surface area contributed by atoms with Gasteiger partial charge in [-0.25, -0.2) is 0 Å². The largest absolute Gasteiger partial charge is 0.313 e. The molecule has 0 saturated heterocycles. The molecule has 1 N–H and O–H groups in total. The van der Waals surface area contributed by atoms with E-state index in [0.717, 1.165) is 35.6 Å². The topological polar surface area (TPSA) is 12.0 Å². The van der Waals surface area contributed by atoms with Gasteiger partial charge < -0.3 is 5.32 Å². The van der Waals surface area contributed by atoms with Crippen molar-refractivity contribution in [3.8, 4) is 0 Å². The van der Waals surface area contributed by atoms with E-state index in [1.807, 2.05) is 0 Å². The highest BCUT2D eigenvalue weighted by Crippen LogP contribution is 2.55. The van der Waals surface area contributed by atoms with Crippen molar-refractivity contribution in [2.75, 3.05) is 6.54 Å². The maximum atomic E-state index is 3.85. The number of fused-ring (bicyclic) bond motifs is 2. The highest BCUT2D eigenvalue weighted by molar-refractivity contribution is 5.01. The van der Waals surface area contributed by atoms with Crippen molar-refractivity contribution in [3.05, 3.63) is 0 Å². The maximum absolute atomic E-state index is 3.85. The van der Waals surface area contributed by atoms with Gasteiger partial charge in [0.1, 0.15) is 0 Å². The second kappa shape index (κ2) is 3.76. The van der Waals surface area contributed by atoms with Gasteiger partial charge in [0.2, 0.25) is 0 Å². The molecule has 0 aromatic rings. The smallest absolute Gasteiger partial charge is 0.0101 e. The molecule has 3 rings (SSSR count). The Morgan fingerprint density at radius 1 is 1.00 bits per heavy atom. The van der Waals surface area contributed by atoms with Crippen LogP contribution in [0.1, 0.15) is 46.0 Å². The first-order valence-electron chi connectivity index (χ1n) is 6.95. The van der Waals surface area contributed by atoms with Crippen molar-refractivity contribution in [1.82, 2.24) is 5.32 Å². The van der Waals surface area contributed by atoms with Crippen LogP contribution in [0, 0.1) is 29.6 Å². The van der Waals surface area contributed by atoms with Gasteiger partial charge in [0, 0.05) is 6.04 Å². The third-order valence-electron chi connectivity index (χ3n) is 5.04. The van der Waals surface area contributed by atoms with Crippen molar-refractivity contribution < 1.29 is 0 Å². The second-order valence-electron chi connectivity index (χ2n) is 6.74. The summed E-state index contributed by atoms with van der Waals surface area (Å²) >= 11 is 0. The zero-order chi connectivity index (χ0) is 10.4. The van der Waals surface area contributed by atoms with Crippen LogP contribution in [-0.2, 0) is 0 Å². The lowest BCUT2D eigenvalue weighted by atomic mass is 9.70. The Balaban J connectivity index is 1.65. The SMILES string of the molecule is CC(C)CNC1CC2CC3CC(C2)C1C3. The van der Waals surface area contributed by atoms with Gasteiger partial charge in [-0.3, -0.25) is 0 Å². The molecule has 0 heterocycles. The number of rotatable bonds is 3. The standard InChI is InChI=1S/C14H25N/c1-9(2)8-15-14-7-11-3-10-4-12(5-11)13(14)6-10/h9-15H,3-8H2,1-2H3. The summed E-state index contributed by atoms with van der Waals surface area (Å²) in [4.78, 5) is 0. The molecule has 1 heteroatoms. The summed E-state index contributed by atoms with van der Waals surface area (Å²) in [6.45, 7) is 5.87. The molecule has 5 unspecified atom stereocenters. The van der Waals surface area contributed by atoms with Gasteiger partial charge in [-0.2, -0.15) is 0 Å². The quantitative estimate of drug-likeness (QED) is 0.750. The number of hydrogen-bond acceptors (Lipinski definition) is 1. The molecule has 3 saturated carbocycles. The minimum atomic E-state index is 0.807. The summed E-state index contributed by atoms with van der Waals surface area (Å²) in [6.07, 6.45) is 7.75. The van der Waals surface area contributed by atoms with Gasteiger partial charge >= 0.3 is 0 Å². The molecule has 15 heavy (non-hydrogen) atoms. The van der Waals surface area contributed by atoms with Crippen LogP contribution in [-0.4, -0.2) is 12.6 Å². The van der Waals surface area contributed by atoms with E-state index in [1.165, 1.54) is 13.0 Å². The highest BCUT2D eigenvalue weighted by atomic mass is 14.9. The van der Waals surface area contributed by atoms with Crippen LogP contribution >= 0.6 is 0 Å². The van der Waals surface area contributed by atoms with Crippen LogP contribution in [0.2, 0.25) is 0 Å². The minimum absolute atomic E-state index is 0.807. The van der Waals surface area contributed by atoms with E-state index in [4.69, 9.17) is 0 Å². The Bertz CT molecular complexity index is 233. The molecule has 5 atom stereocenters. The molecule has 86 valence electrons. The van der Waals surface area contributed by atoms with Gasteiger partial charge in [-0.15, -0.1) is 0 Å². The van der Waals surface area contributed by atoms with E-state index >= 15 is 0 Å². The molecule has 0 spiro atoms. The predicted octanol–water partition coefficient (Wildman–Crippen LogP) is 3.06. The molecule has 0 radical (unpaired) electrons. The van der Waals surface area contributed by atoms with Gasteiger partial charge in [0.25, 0.3) is 0 Å². The maximum Gasteiger partial charge on any atom is 0.0101 e. The molecule has 0 amide bonds. The van der Waals surface area contributed by atoms with Gasteiger partial charge in [-0.05, 0) is 68.2 Å². The van der Waals surface area contributed by atoms with E-state index in [0.29, 0.717) is 0 Å². The molecule has 3 aliphatic rings. The van der Waals surface area contributed by atoms with E-state index in [9.17, 15) is 0 Å². The fourth-order valence-electron chi connectivity index (χ4n) is 4.58. The summed E-state index contributed by atoms with van der Waals surface area (Å²) in [5, 5.41) is 3.85. The van der Waals surface area contributed by atoms with E-state index < -0.39 is 0 Å². The zero-order valence-electron chi connectivity index (χ0n) is 10.2. The molecule has 0 aliphatic heterocycles. The van der Waals surface area contributed by atoms with Gasteiger partial charge in [0.15, 0.2) is 0 Å². The van der Waals surface area contributed by atoms with Crippen molar-refractivity contribution in [2.45, 2.75) is 52.0 Å². The van der Waals surface area contributed by atoms with Crippen LogP contribution < -0.4 is 5.32 Å². The average Bonchev–Trinajstić information content (AvgIpc) is 2.40. The fourth-order valence-corrected chi connectivity index (χ4v) is 4.58. The normalized spacial score (nSPS) is 47.8. The van der Waals surface area contributed by atoms with Gasteiger partial charge in [-0.1, -0.05) is 13.8 Å². The molecule has 0 aromatic carbocycles. The number of hydrogen-bond donors (Lipinski definition) is 1. The van der Waals surface area contributed by atoms with Crippen molar-refractivity contribution in [2.24, 2.45) is 29.6 Å². The Morgan fingerprint density at radius 2 is 1.73 bits per heavy atom. The van der Waals surface area contributed by atoms with E-state index in [-0.39, 0.29) is 0 Å². The summed E-state index contributed by atoms with van der Waals surface area (Å²) in [5.74, 6) is 5.16. The monoisotopic (exact) mass is 207 g/mol. The average molecular weight is 207 g/mol. The fraction of sp³-hybridized carbons (Fsp3) is 1.00. The third kappa shape index (κ3) is 1.84. The first-order chi connectivity index (χ1) is 7.22. The summed E-state index contributed by atoms with van der Waals surface area (Å²) in [7, 11) is 0. The lowest BCUT2D eigenvalue weighted by Gasteiger charge is -2.40. The third-order valence-corrected chi connectivity index (χ3v) is 5.04. The summed E-state index contributed by atoms with van der Waals surface area (Å²) < 4.78 is 0. The van der Waals surface area contributed by atoms with Crippen molar-refractivity contribution in [3.63, 3.8) is 0 Å². The van der Waals surface area contributed by atoms with Gasteiger partial charge in [0.05, 0.1) is 0 Å². The highest BCUT2D eigenvalue weighted by Gasteiger charge is 2.48. The van der Waals surface area contributed by atoms with E-state index in [2.05, 4.69) is 19.2 Å². The zero-order valence-corrected chi connectivity index (χ0v) is 10.2. The Morgan fingerprint density at radius 3 is 2.47 bits per heavy atom. The number of nitrogens with one attached hydrogen (secondary N) is 1. The van der Waals surface area contributed by atoms with E-state index in [1.54, 1.807) is 25.7 Å². The molecular weight excluding hydrogens is 182 g/mol. The minimum Gasteiger partial charge on any atom is -0.313 e. The van der Waals surface area contributed by atoms with Crippen LogP contribution in [0.5, 0.6) is 0 Å².